The molecule has 138 valence electrons. The smallest absolute Gasteiger partial charge is 0.193 e. The summed E-state index contributed by atoms with van der Waals surface area (Å²) in [6.07, 6.45) is 5.31. The van der Waals surface area contributed by atoms with Crippen molar-refractivity contribution in [2.45, 2.75) is 30.6 Å². The van der Waals surface area contributed by atoms with Crippen LogP contribution in [0.25, 0.3) is 0 Å². The monoisotopic (exact) mass is 427 g/mol. The number of halogens is 1. The second kappa shape index (κ2) is 8.08. The molecular weight excluding hydrogens is 402 g/mol. The number of hydrogen-bond acceptors (Lipinski definition) is 3. The maximum Gasteiger partial charge on any atom is 0.193 e. The van der Waals surface area contributed by atoms with Crippen molar-refractivity contribution in [2.75, 3.05) is 32.4 Å². The number of benzene rings is 1. The van der Waals surface area contributed by atoms with Crippen molar-refractivity contribution in [3.8, 4) is 0 Å². The number of likely N-dealkylation sites (tertiary alicyclic amines) is 1. The average molecular weight is 428 g/mol. The van der Waals surface area contributed by atoms with Gasteiger partial charge in [-0.3, -0.25) is 4.99 Å². The minimum atomic E-state index is -3.28. The van der Waals surface area contributed by atoms with Crippen molar-refractivity contribution in [2.24, 2.45) is 16.8 Å². The highest BCUT2D eigenvalue weighted by Crippen LogP contribution is 2.35. The van der Waals surface area contributed by atoms with E-state index < -0.39 is 9.84 Å². The molecule has 0 bridgehead atoms. The summed E-state index contributed by atoms with van der Waals surface area (Å²) in [5.41, 5.74) is 0. The van der Waals surface area contributed by atoms with Crippen LogP contribution in [0.5, 0.6) is 0 Å². The van der Waals surface area contributed by atoms with Gasteiger partial charge in [-0.1, -0.05) is 28.8 Å². The molecule has 2 aliphatic rings. The zero-order chi connectivity index (χ0) is 17.9. The lowest BCUT2D eigenvalue weighted by Gasteiger charge is -2.22. The van der Waals surface area contributed by atoms with Crippen molar-refractivity contribution in [1.82, 2.24) is 10.2 Å². The number of hydrogen-bond donors (Lipinski definition) is 1. The summed E-state index contributed by atoms with van der Waals surface area (Å²) in [7, 11) is -1.51. The fraction of sp³-hybridized carbons (Fsp3) is 0.611. The zero-order valence-electron chi connectivity index (χ0n) is 14.6. The lowest BCUT2D eigenvalue weighted by Crippen LogP contribution is -2.42. The van der Waals surface area contributed by atoms with Gasteiger partial charge < -0.3 is 10.2 Å². The minimum Gasteiger partial charge on any atom is -0.355 e. The Morgan fingerprint density at radius 1 is 1.20 bits per heavy atom. The van der Waals surface area contributed by atoms with Crippen molar-refractivity contribution < 1.29 is 8.42 Å². The average Bonchev–Trinajstić information content (AvgIpc) is 3.03. The molecular formula is C18H26BrN3O2S. The summed E-state index contributed by atoms with van der Waals surface area (Å²) in [4.78, 5) is 7.02. The number of fused-ring (bicyclic) bond motifs is 1. The Balaban J connectivity index is 1.54. The molecule has 7 heteroatoms. The van der Waals surface area contributed by atoms with Crippen LogP contribution in [-0.4, -0.2) is 51.7 Å². The molecule has 2 fully saturated rings. The van der Waals surface area contributed by atoms with E-state index in [9.17, 15) is 8.42 Å². The summed E-state index contributed by atoms with van der Waals surface area (Å²) in [5, 5.41) is 3.25. The van der Waals surface area contributed by atoms with Crippen molar-refractivity contribution in [1.29, 1.82) is 0 Å². The van der Waals surface area contributed by atoms with Gasteiger partial charge in [0.2, 0.25) is 0 Å². The van der Waals surface area contributed by atoms with E-state index in [1.807, 2.05) is 0 Å². The Labute approximate surface area is 158 Å². The number of nitrogens with zero attached hydrogens (tertiary/aromatic N) is 2. The summed E-state index contributed by atoms with van der Waals surface area (Å²) < 4.78 is 25.7. The molecule has 1 saturated heterocycles. The van der Waals surface area contributed by atoms with Crippen LogP contribution in [-0.2, 0) is 9.84 Å². The molecule has 2 unspecified atom stereocenters. The molecule has 1 N–H and O–H groups in total. The molecule has 3 rings (SSSR count). The second-order valence-corrected chi connectivity index (χ2v) is 9.98. The largest absolute Gasteiger partial charge is 0.355 e. The topological polar surface area (TPSA) is 61.8 Å². The summed E-state index contributed by atoms with van der Waals surface area (Å²) in [5.74, 6) is 2.45. The van der Waals surface area contributed by atoms with Crippen LogP contribution < -0.4 is 5.32 Å². The number of nitrogens with one attached hydrogen (secondary N) is 1. The Morgan fingerprint density at radius 2 is 1.80 bits per heavy atom. The minimum absolute atomic E-state index is 0.0638. The summed E-state index contributed by atoms with van der Waals surface area (Å²) in [6, 6.07) is 6.79. The van der Waals surface area contributed by atoms with E-state index in [-0.39, 0.29) is 5.75 Å². The highest BCUT2D eigenvalue weighted by Gasteiger charge is 2.35. The van der Waals surface area contributed by atoms with E-state index in [0.717, 1.165) is 35.4 Å². The maximum atomic E-state index is 12.4. The van der Waals surface area contributed by atoms with Gasteiger partial charge in [-0.2, -0.15) is 0 Å². The molecule has 1 aromatic rings. The Bertz CT molecular complexity index is 704. The first-order valence-electron chi connectivity index (χ1n) is 8.93. The van der Waals surface area contributed by atoms with Gasteiger partial charge in [-0.25, -0.2) is 8.42 Å². The van der Waals surface area contributed by atoms with Crippen LogP contribution >= 0.6 is 15.9 Å². The van der Waals surface area contributed by atoms with Crippen LogP contribution in [0.4, 0.5) is 0 Å². The number of sulfone groups is 1. The van der Waals surface area contributed by atoms with Gasteiger partial charge in [-0.05, 0) is 48.9 Å². The molecule has 0 aromatic heterocycles. The molecule has 5 nitrogen and oxygen atoms in total. The third-order valence-electron chi connectivity index (χ3n) is 5.31. The first-order valence-corrected chi connectivity index (χ1v) is 11.4. The van der Waals surface area contributed by atoms with Crippen LogP contribution in [0.3, 0.4) is 0 Å². The number of rotatable bonds is 4. The Hall–Kier alpha value is -1.08. The normalized spacial score (nSPS) is 24.2. The van der Waals surface area contributed by atoms with E-state index in [2.05, 4.69) is 31.1 Å². The Kier molecular flexibility index (Phi) is 6.04. The van der Waals surface area contributed by atoms with Gasteiger partial charge >= 0.3 is 0 Å². The first-order chi connectivity index (χ1) is 12.0. The third kappa shape index (κ3) is 4.56. The molecule has 1 saturated carbocycles. The molecule has 0 amide bonds. The van der Waals surface area contributed by atoms with Gasteiger partial charge in [-0.15, -0.1) is 0 Å². The Morgan fingerprint density at radius 3 is 2.36 bits per heavy atom. The SMILES string of the molecule is CN=C(NCCS(=O)(=O)c1ccc(Br)cc1)N1CC2CCCCC2C1. The van der Waals surface area contributed by atoms with Gasteiger partial charge in [0, 0.05) is 31.2 Å². The van der Waals surface area contributed by atoms with E-state index in [1.165, 1.54) is 25.7 Å². The standard InChI is InChI=1S/C18H26BrN3O2S/c1-20-18(22-12-14-4-2-3-5-15(14)13-22)21-10-11-25(23,24)17-8-6-16(19)7-9-17/h6-9,14-15H,2-5,10-13H2,1H3,(H,20,21). The highest BCUT2D eigenvalue weighted by atomic mass is 79.9. The maximum absolute atomic E-state index is 12.4. The van der Waals surface area contributed by atoms with Crippen molar-refractivity contribution >= 4 is 31.7 Å². The van der Waals surface area contributed by atoms with Gasteiger partial charge in [0.05, 0.1) is 10.6 Å². The van der Waals surface area contributed by atoms with Crippen molar-refractivity contribution in [3.63, 3.8) is 0 Å². The molecule has 1 aliphatic heterocycles. The lowest BCUT2D eigenvalue weighted by molar-refractivity contribution is 0.299. The molecule has 1 aromatic carbocycles. The van der Waals surface area contributed by atoms with E-state index >= 15 is 0 Å². The predicted octanol–water partition coefficient (Wildman–Crippen LogP) is 2.92. The lowest BCUT2D eigenvalue weighted by atomic mass is 9.82. The molecule has 0 spiro atoms. The van der Waals surface area contributed by atoms with Crippen LogP contribution in [0.1, 0.15) is 25.7 Å². The van der Waals surface area contributed by atoms with Crippen molar-refractivity contribution in [3.05, 3.63) is 28.7 Å². The van der Waals surface area contributed by atoms with Crippen LogP contribution in [0, 0.1) is 11.8 Å². The van der Waals surface area contributed by atoms with E-state index in [1.54, 1.807) is 31.3 Å². The first kappa shape index (κ1) is 18.7. The fourth-order valence-corrected chi connectivity index (χ4v) is 5.39. The summed E-state index contributed by atoms with van der Waals surface area (Å²) >= 11 is 3.33. The highest BCUT2D eigenvalue weighted by molar-refractivity contribution is 9.10. The van der Waals surface area contributed by atoms with E-state index in [4.69, 9.17) is 0 Å². The predicted molar refractivity (Wildman–Crippen MR) is 105 cm³/mol. The van der Waals surface area contributed by atoms with Gasteiger partial charge in [0.1, 0.15) is 0 Å². The number of guanidine groups is 1. The molecule has 1 heterocycles. The van der Waals surface area contributed by atoms with Gasteiger partial charge in [0.25, 0.3) is 0 Å². The molecule has 2 atom stereocenters. The molecule has 0 radical (unpaired) electrons. The zero-order valence-corrected chi connectivity index (χ0v) is 17.0. The van der Waals surface area contributed by atoms with Gasteiger partial charge in [0.15, 0.2) is 15.8 Å². The molecule has 1 aliphatic carbocycles. The van der Waals surface area contributed by atoms with Crippen LogP contribution in [0.15, 0.2) is 38.6 Å². The molecule has 25 heavy (non-hydrogen) atoms. The summed E-state index contributed by atoms with van der Waals surface area (Å²) in [6.45, 7) is 2.46. The fourth-order valence-electron chi connectivity index (χ4n) is 3.97. The van der Waals surface area contributed by atoms with Crippen LogP contribution in [0.2, 0.25) is 0 Å². The quantitative estimate of drug-likeness (QED) is 0.592. The third-order valence-corrected chi connectivity index (χ3v) is 7.57. The number of aliphatic imine (C=N–C) groups is 1. The second-order valence-electron chi connectivity index (χ2n) is 6.96. The van der Waals surface area contributed by atoms with E-state index in [0.29, 0.717) is 11.4 Å².